The van der Waals surface area contributed by atoms with Gasteiger partial charge < -0.3 is 14.9 Å². The summed E-state index contributed by atoms with van der Waals surface area (Å²) in [6.45, 7) is 5.73. The lowest BCUT2D eigenvalue weighted by Gasteiger charge is -2.59. The highest BCUT2D eigenvalue weighted by Crippen LogP contribution is 2.67. The van der Waals surface area contributed by atoms with Gasteiger partial charge in [0.2, 0.25) is 5.78 Å². The highest BCUT2D eigenvalue weighted by atomic mass is 16.5. The minimum Gasteiger partial charge on any atom is -0.458 e. The summed E-state index contributed by atoms with van der Waals surface area (Å²) in [5, 5.41) is 23.1. The van der Waals surface area contributed by atoms with E-state index in [-0.39, 0.29) is 29.0 Å². The van der Waals surface area contributed by atoms with E-state index in [1.54, 1.807) is 12.2 Å². The second-order valence-electron chi connectivity index (χ2n) is 11.5. The van der Waals surface area contributed by atoms with E-state index in [4.69, 9.17) is 4.74 Å². The summed E-state index contributed by atoms with van der Waals surface area (Å²) in [5.74, 6) is -0.652. The molecule has 0 aromatic carbocycles. The summed E-state index contributed by atoms with van der Waals surface area (Å²) in [7, 11) is 0. The number of ketones is 2. The van der Waals surface area contributed by atoms with Crippen LogP contribution in [-0.2, 0) is 19.1 Å². The molecular weight excluding hydrogens is 432 g/mol. The zero-order chi connectivity index (χ0) is 24.7. The van der Waals surface area contributed by atoms with Gasteiger partial charge in [0, 0.05) is 23.2 Å². The maximum absolute atomic E-state index is 13.2. The Balaban J connectivity index is 1.48. The molecule has 3 fully saturated rings. The predicted octanol–water partition coefficient (Wildman–Crippen LogP) is 4.08. The molecule has 7 atom stereocenters. The summed E-state index contributed by atoms with van der Waals surface area (Å²) >= 11 is 0. The topological polar surface area (TPSA) is 101 Å². The first-order valence-corrected chi connectivity index (χ1v) is 13.1. The van der Waals surface area contributed by atoms with Gasteiger partial charge in [0.25, 0.3) is 0 Å². The van der Waals surface area contributed by atoms with Crippen LogP contribution in [0.25, 0.3) is 0 Å². The van der Waals surface area contributed by atoms with Crippen molar-refractivity contribution in [3.63, 3.8) is 0 Å². The molecule has 0 unspecified atom stereocenters. The van der Waals surface area contributed by atoms with Crippen LogP contribution in [0.1, 0.15) is 85.0 Å². The highest BCUT2D eigenvalue weighted by Gasteiger charge is 2.68. The van der Waals surface area contributed by atoms with E-state index in [0.29, 0.717) is 25.7 Å². The van der Waals surface area contributed by atoms with E-state index in [0.717, 1.165) is 44.1 Å². The van der Waals surface area contributed by atoms with Crippen molar-refractivity contribution in [3.05, 3.63) is 23.8 Å². The van der Waals surface area contributed by atoms with Crippen molar-refractivity contribution in [2.45, 2.75) is 96.7 Å². The van der Waals surface area contributed by atoms with Crippen LogP contribution in [0, 0.1) is 28.6 Å². The van der Waals surface area contributed by atoms with Crippen LogP contribution in [0.15, 0.2) is 23.8 Å². The second kappa shape index (κ2) is 9.34. The zero-order valence-electron chi connectivity index (χ0n) is 20.8. The predicted molar refractivity (Wildman–Crippen MR) is 128 cm³/mol. The molecule has 4 aliphatic carbocycles. The minimum absolute atomic E-state index is 0.00168. The van der Waals surface area contributed by atoms with E-state index in [9.17, 15) is 24.6 Å². The molecule has 4 aliphatic rings. The Hall–Kier alpha value is -1.79. The van der Waals surface area contributed by atoms with Gasteiger partial charge in [0.1, 0.15) is 5.60 Å². The fourth-order valence-electron chi connectivity index (χ4n) is 7.82. The normalized spacial score (nSPS) is 40.7. The number of unbranched alkanes of at least 4 members (excludes halogenated alkanes) is 3. The first-order chi connectivity index (χ1) is 16.1. The summed E-state index contributed by atoms with van der Waals surface area (Å²) in [4.78, 5) is 37.3. The molecule has 0 aliphatic heterocycles. The van der Waals surface area contributed by atoms with Crippen molar-refractivity contribution in [1.82, 2.24) is 0 Å². The van der Waals surface area contributed by atoms with Crippen LogP contribution in [0.3, 0.4) is 0 Å². The van der Waals surface area contributed by atoms with Gasteiger partial charge in [0.05, 0.1) is 6.10 Å². The van der Waals surface area contributed by atoms with Crippen molar-refractivity contribution in [2.24, 2.45) is 28.6 Å². The van der Waals surface area contributed by atoms with Crippen molar-refractivity contribution < 1.29 is 29.3 Å². The largest absolute Gasteiger partial charge is 0.458 e. The smallest absolute Gasteiger partial charge is 0.306 e. The van der Waals surface area contributed by atoms with Gasteiger partial charge in [-0.3, -0.25) is 14.4 Å². The SMILES string of the molecule is CCCCCCC(=O)OCC(=O)[C@@]1(O)CC[C@@H]2[C@@H]3CCC4=CC(=O)C=C[C@]4(C)[C@H]3[C@H](O)C[C@@]21C. The molecule has 188 valence electrons. The summed E-state index contributed by atoms with van der Waals surface area (Å²) in [6.07, 6.45) is 11.7. The van der Waals surface area contributed by atoms with Crippen LogP contribution in [-0.4, -0.2) is 46.1 Å². The molecule has 0 spiro atoms. The number of aliphatic hydroxyl groups is 2. The molecule has 0 bridgehead atoms. The Morgan fingerprint density at radius 1 is 1.18 bits per heavy atom. The van der Waals surface area contributed by atoms with Gasteiger partial charge in [-0.15, -0.1) is 0 Å². The maximum atomic E-state index is 13.2. The molecule has 34 heavy (non-hydrogen) atoms. The van der Waals surface area contributed by atoms with Crippen LogP contribution in [0.5, 0.6) is 0 Å². The Labute approximate surface area is 202 Å². The fourth-order valence-corrected chi connectivity index (χ4v) is 7.82. The molecule has 6 heteroatoms. The van der Waals surface area contributed by atoms with Crippen molar-refractivity contribution in [3.8, 4) is 0 Å². The number of Topliss-reactive ketones (excluding diaryl/α,β-unsaturated/α-hetero) is 1. The monoisotopic (exact) mass is 472 g/mol. The second-order valence-corrected chi connectivity index (χ2v) is 11.5. The Kier molecular flexibility index (Phi) is 6.96. The van der Waals surface area contributed by atoms with Gasteiger partial charge in [-0.25, -0.2) is 0 Å². The molecule has 3 saturated carbocycles. The lowest BCUT2D eigenvalue weighted by molar-refractivity contribution is -0.181. The molecule has 0 heterocycles. The number of hydrogen-bond acceptors (Lipinski definition) is 6. The molecule has 4 rings (SSSR count). The molecule has 0 saturated heterocycles. The molecule has 2 N–H and O–H groups in total. The number of carbonyl (C=O) groups excluding carboxylic acids is 3. The molecule has 0 aromatic heterocycles. The number of fused-ring (bicyclic) bond motifs is 5. The van der Waals surface area contributed by atoms with Crippen molar-refractivity contribution in [2.75, 3.05) is 6.61 Å². The van der Waals surface area contributed by atoms with E-state index in [1.807, 2.05) is 13.0 Å². The number of allylic oxidation sites excluding steroid dienone is 4. The van der Waals surface area contributed by atoms with Gasteiger partial charge in [0.15, 0.2) is 12.4 Å². The van der Waals surface area contributed by atoms with Crippen molar-refractivity contribution in [1.29, 1.82) is 0 Å². The third-order valence-electron chi connectivity index (χ3n) is 9.71. The Bertz CT molecular complexity index is 905. The third kappa shape index (κ3) is 4.01. The Morgan fingerprint density at radius 2 is 1.94 bits per heavy atom. The van der Waals surface area contributed by atoms with E-state index in [1.165, 1.54) is 0 Å². The summed E-state index contributed by atoms with van der Waals surface area (Å²) in [5.41, 5.74) is -1.68. The number of aliphatic hydroxyl groups excluding tert-OH is 1. The third-order valence-corrected chi connectivity index (χ3v) is 9.71. The first kappa shape index (κ1) is 25.3. The van der Waals surface area contributed by atoms with E-state index >= 15 is 0 Å². The highest BCUT2D eigenvalue weighted by molar-refractivity contribution is 6.01. The van der Waals surface area contributed by atoms with Gasteiger partial charge in [-0.1, -0.05) is 51.7 Å². The van der Waals surface area contributed by atoms with Gasteiger partial charge >= 0.3 is 5.97 Å². The number of hydrogen-bond donors (Lipinski definition) is 2. The fraction of sp³-hybridized carbons (Fsp3) is 0.750. The molecule has 0 amide bonds. The van der Waals surface area contributed by atoms with Crippen LogP contribution in [0.4, 0.5) is 0 Å². The lowest BCUT2D eigenvalue weighted by Crippen LogP contribution is -2.61. The number of esters is 1. The van der Waals surface area contributed by atoms with Crippen LogP contribution in [0.2, 0.25) is 0 Å². The summed E-state index contributed by atoms with van der Waals surface area (Å²) in [6, 6.07) is 0. The molecule has 6 nitrogen and oxygen atoms in total. The molecular formula is C28H40O6. The van der Waals surface area contributed by atoms with E-state index in [2.05, 4.69) is 13.8 Å². The standard InChI is InChI=1S/C28H40O6/c1-4-5-6-7-8-24(32)34-17-23(31)28(33)14-12-21-20-10-9-18-15-19(29)11-13-26(18,2)25(20)22(30)16-27(21,28)3/h11,13,15,20-22,25,30,33H,4-10,12,14,16-17H2,1-3H3/t20-,21+,22+,25+,26-,27-,28-/m0/s1. The lowest BCUT2D eigenvalue weighted by atomic mass is 9.46. The number of rotatable bonds is 8. The van der Waals surface area contributed by atoms with Gasteiger partial charge in [-0.2, -0.15) is 0 Å². The first-order valence-electron chi connectivity index (χ1n) is 13.1. The average Bonchev–Trinajstić information content (AvgIpc) is 3.06. The van der Waals surface area contributed by atoms with Crippen molar-refractivity contribution >= 4 is 17.5 Å². The number of ether oxygens (including phenoxy) is 1. The maximum Gasteiger partial charge on any atom is 0.306 e. The number of carbonyl (C=O) groups is 3. The Morgan fingerprint density at radius 3 is 2.68 bits per heavy atom. The molecule has 0 radical (unpaired) electrons. The van der Waals surface area contributed by atoms with E-state index < -0.39 is 35.5 Å². The summed E-state index contributed by atoms with van der Waals surface area (Å²) < 4.78 is 5.26. The molecule has 0 aromatic rings. The minimum atomic E-state index is -1.61. The van der Waals surface area contributed by atoms with Crippen LogP contribution >= 0.6 is 0 Å². The van der Waals surface area contributed by atoms with Crippen LogP contribution < -0.4 is 0 Å². The zero-order valence-corrected chi connectivity index (χ0v) is 20.8. The quantitative estimate of drug-likeness (QED) is 0.408. The van der Waals surface area contributed by atoms with Gasteiger partial charge in [-0.05, 0) is 62.5 Å². The average molecular weight is 473 g/mol.